The Kier molecular flexibility index (Phi) is 2.31. The highest BCUT2D eigenvalue weighted by Gasteiger charge is 2.27. The molecular weight excluding hydrogens is 180 g/mol. The van der Waals surface area contributed by atoms with Crippen LogP contribution in [0.25, 0.3) is 0 Å². The van der Waals surface area contributed by atoms with Crippen molar-refractivity contribution in [3.63, 3.8) is 0 Å². The third kappa shape index (κ3) is 1.54. The summed E-state index contributed by atoms with van der Waals surface area (Å²) in [5.74, 6) is 2.26. The number of aromatic nitrogens is 2. The van der Waals surface area contributed by atoms with Crippen molar-refractivity contribution < 1.29 is 4.63 Å². The molecule has 0 aromatic carbocycles. The lowest BCUT2D eigenvalue weighted by atomic mass is 10.0. The monoisotopic (exact) mass is 196 g/mol. The predicted octanol–water partition coefficient (Wildman–Crippen LogP) is 1.35. The number of nitrogens with zero attached hydrogens (tertiary/aromatic N) is 3. The number of hydrogen-bond acceptors (Lipinski definition) is 5. The fourth-order valence-electron chi connectivity index (χ4n) is 1.84. The second-order valence-electron chi connectivity index (χ2n) is 4.21. The fraction of sp³-hybridized carbons (Fsp3) is 0.778. The summed E-state index contributed by atoms with van der Waals surface area (Å²) in [7, 11) is 2.04. The first-order chi connectivity index (χ1) is 6.68. The Morgan fingerprint density at radius 2 is 2.36 bits per heavy atom. The molecule has 78 valence electrons. The molecule has 5 heteroatoms. The van der Waals surface area contributed by atoms with Crippen molar-refractivity contribution >= 4 is 11.6 Å². The van der Waals surface area contributed by atoms with E-state index in [2.05, 4.69) is 39.0 Å². The molecule has 1 aliphatic heterocycles. The van der Waals surface area contributed by atoms with Crippen molar-refractivity contribution in [3.8, 4) is 0 Å². The lowest BCUT2D eigenvalue weighted by Crippen LogP contribution is -2.42. The van der Waals surface area contributed by atoms with E-state index in [1.165, 1.54) is 0 Å². The number of fused-ring (bicyclic) bond motifs is 1. The number of likely N-dealkylation sites (N-methyl/N-ethyl adjacent to an activating group) is 1. The Balaban J connectivity index is 2.13. The van der Waals surface area contributed by atoms with Crippen LogP contribution in [0.3, 0.4) is 0 Å². The van der Waals surface area contributed by atoms with Crippen LogP contribution in [0.15, 0.2) is 4.63 Å². The van der Waals surface area contributed by atoms with Crippen LogP contribution >= 0.6 is 0 Å². The van der Waals surface area contributed by atoms with E-state index in [0.29, 0.717) is 12.0 Å². The molecule has 0 fully saturated rings. The molecule has 1 aromatic heterocycles. The van der Waals surface area contributed by atoms with Crippen LogP contribution in [0.1, 0.15) is 20.3 Å². The van der Waals surface area contributed by atoms with E-state index >= 15 is 0 Å². The first-order valence-electron chi connectivity index (χ1n) is 4.97. The molecule has 0 saturated carbocycles. The Hall–Kier alpha value is -1.26. The molecular formula is C9H16N4O. The molecule has 0 amide bonds. The molecule has 1 aromatic rings. The van der Waals surface area contributed by atoms with Crippen molar-refractivity contribution in [2.75, 3.05) is 23.8 Å². The van der Waals surface area contributed by atoms with Crippen LogP contribution in [0.5, 0.6) is 0 Å². The van der Waals surface area contributed by atoms with E-state index in [-0.39, 0.29) is 0 Å². The van der Waals surface area contributed by atoms with Gasteiger partial charge in [0.25, 0.3) is 0 Å². The van der Waals surface area contributed by atoms with Crippen LogP contribution in [-0.4, -0.2) is 29.9 Å². The van der Waals surface area contributed by atoms with E-state index in [0.717, 1.165) is 24.6 Å². The highest BCUT2D eigenvalue weighted by atomic mass is 16.6. The third-order valence-electron chi connectivity index (χ3n) is 2.60. The minimum Gasteiger partial charge on any atom is -0.362 e. The second-order valence-corrected chi connectivity index (χ2v) is 4.21. The molecule has 1 aliphatic rings. The summed E-state index contributed by atoms with van der Waals surface area (Å²) in [6.07, 6.45) is 1.15. The Bertz CT molecular complexity index is 310. The molecule has 0 aliphatic carbocycles. The third-order valence-corrected chi connectivity index (χ3v) is 2.60. The van der Waals surface area contributed by atoms with Gasteiger partial charge in [0, 0.05) is 19.6 Å². The van der Waals surface area contributed by atoms with Crippen molar-refractivity contribution in [1.82, 2.24) is 10.3 Å². The minimum atomic E-state index is 0.481. The second kappa shape index (κ2) is 3.48. The molecule has 2 heterocycles. The molecule has 2 rings (SSSR count). The smallest absolute Gasteiger partial charge is 0.217 e. The Morgan fingerprint density at radius 3 is 3.07 bits per heavy atom. The molecule has 14 heavy (non-hydrogen) atoms. The lowest BCUT2D eigenvalue weighted by molar-refractivity contribution is 0.309. The maximum absolute atomic E-state index is 4.69. The molecule has 1 unspecified atom stereocenters. The quantitative estimate of drug-likeness (QED) is 0.773. The number of nitrogens with one attached hydrogen (secondary N) is 1. The van der Waals surface area contributed by atoms with E-state index in [9.17, 15) is 0 Å². The summed E-state index contributed by atoms with van der Waals surface area (Å²) in [5, 5.41) is 10.9. The average molecular weight is 196 g/mol. The van der Waals surface area contributed by atoms with Gasteiger partial charge in [-0.2, -0.15) is 0 Å². The Morgan fingerprint density at radius 1 is 1.57 bits per heavy atom. The summed E-state index contributed by atoms with van der Waals surface area (Å²) >= 11 is 0. The topological polar surface area (TPSA) is 54.2 Å². The average Bonchev–Trinajstić information content (AvgIpc) is 2.57. The molecule has 5 nitrogen and oxygen atoms in total. The van der Waals surface area contributed by atoms with Gasteiger partial charge in [-0.25, -0.2) is 4.63 Å². The lowest BCUT2D eigenvalue weighted by Gasteiger charge is -2.33. The summed E-state index contributed by atoms with van der Waals surface area (Å²) in [5.41, 5.74) is 0. The molecule has 0 radical (unpaired) electrons. The van der Waals surface area contributed by atoms with Crippen LogP contribution in [0, 0.1) is 5.92 Å². The largest absolute Gasteiger partial charge is 0.362 e. The van der Waals surface area contributed by atoms with Gasteiger partial charge in [0.2, 0.25) is 11.6 Å². The summed E-state index contributed by atoms with van der Waals surface area (Å²) in [6.45, 7) is 5.37. The van der Waals surface area contributed by atoms with Crippen molar-refractivity contribution in [3.05, 3.63) is 0 Å². The van der Waals surface area contributed by atoms with E-state index in [1.807, 2.05) is 7.05 Å². The highest BCUT2D eigenvalue weighted by molar-refractivity contribution is 5.62. The van der Waals surface area contributed by atoms with Gasteiger partial charge in [0.1, 0.15) is 0 Å². The van der Waals surface area contributed by atoms with E-state index in [1.54, 1.807) is 0 Å². The zero-order chi connectivity index (χ0) is 10.1. The summed E-state index contributed by atoms with van der Waals surface area (Å²) in [6, 6.07) is 0.481. The van der Waals surface area contributed by atoms with Gasteiger partial charge < -0.3 is 10.2 Å². The highest BCUT2D eigenvalue weighted by Crippen LogP contribution is 2.28. The SMILES string of the molecule is CC(C)CC1CNc2nonc2N1C. The standard InChI is InChI=1S/C9H16N4O/c1-6(2)4-7-5-10-8-9(13(7)3)12-14-11-8/h6-7H,4-5H2,1-3H3,(H,10,11). The summed E-state index contributed by atoms with van der Waals surface area (Å²) in [4.78, 5) is 2.14. The zero-order valence-electron chi connectivity index (χ0n) is 8.82. The maximum Gasteiger partial charge on any atom is 0.217 e. The van der Waals surface area contributed by atoms with E-state index in [4.69, 9.17) is 0 Å². The fourth-order valence-corrected chi connectivity index (χ4v) is 1.84. The van der Waals surface area contributed by atoms with E-state index < -0.39 is 0 Å². The first kappa shape index (κ1) is 9.30. The van der Waals surface area contributed by atoms with Gasteiger partial charge in [0.05, 0.1) is 0 Å². The van der Waals surface area contributed by atoms with Crippen LogP contribution in [0.4, 0.5) is 11.6 Å². The molecule has 1 atom stereocenters. The van der Waals surface area contributed by atoms with Crippen LogP contribution < -0.4 is 10.2 Å². The van der Waals surface area contributed by atoms with Crippen molar-refractivity contribution in [1.29, 1.82) is 0 Å². The van der Waals surface area contributed by atoms with Crippen LogP contribution in [0.2, 0.25) is 0 Å². The minimum absolute atomic E-state index is 0.481. The molecule has 1 N–H and O–H groups in total. The number of hydrogen-bond donors (Lipinski definition) is 1. The van der Waals surface area contributed by atoms with Crippen molar-refractivity contribution in [2.45, 2.75) is 26.3 Å². The van der Waals surface area contributed by atoms with Gasteiger partial charge >= 0.3 is 0 Å². The number of rotatable bonds is 2. The normalized spacial score (nSPS) is 20.9. The van der Waals surface area contributed by atoms with Crippen LogP contribution in [-0.2, 0) is 0 Å². The molecule has 0 saturated heterocycles. The van der Waals surface area contributed by atoms with Gasteiger partial charge in [-0.1, -0.05) is 13.8 Å². The predicted molar refractivity (Wildman–Crippen MR) is 54.4 cm³/mol. The maximum atomic E-state index is 4.69. The van der Waals surface area contributed by atoms with Gasteiger partial charge in [0.15, 0.2) is 0 Å². The zero-order valence-corrected chi connectivity index (χ0v) is 8.82. The first-order valence-corrected chi connectivity index (χ1v) is 4.97. The van der Waals surface area contributed by atoms with Gasteiger partial charge in [-0.3, -0.25) is 0 Å². The van der Waals surface area contributed by atoms with Gasteiger partial charge in [-0.05, 0) is 22.7 Å². The molecule has 0 spiro atoms. The van der Waals surface area contributed by atoms with Crippen molar-refractivity contribution in [2.24, 2.45) is 5.92 Å². The molecule has 0 bridgehead atoms. The van der Waals surface area contributed by atoms with Gasteiger partial charge in [-0.15, -0.1) is 0 Å². The number of anilines is 2. The summed E-state index contributed by atoms with van der Waals surface area (Å²) < 4.78 is 4.69. The Labute approximate surface area is 83.4 Å².